The first-order chi connectivity index (χ1) is 12.1. The maximum atomic E-state index is 11.1. The Bertz CT molecular complexity index is 831. The summed E-state index contributed by atoms with van der Waals surface area (Å²) < 4.78 is 1.57. The molecular formula is C19H21N2O4+. The molecule has 2 aromatic heterocycles. The number of hydrogen-bond donors (Lipinski definition) is 3. The van der Waals surface area contributed by atoms with Crippen molar-refractivity contribution < 1.29 is 24.2 Å². The third kappa shape index (κ3) is 3.69. The predicted molar refractivity (Wildman–Crippen MR) is 91.8 cm³/mol. The molecule has 0 radical (unpaired) electrons. The van der Waals surface area contributed by atoms with Gasteiger partial charge in [0.15, 0.2) is 12.4 Å². The molecule has 4 rings (SSSR count). The molecule has 25 heavy (non-hydrogen) atoms. The molecule has 2 aliphatic rings. The number of rotatable bonds is 2. The molecule has 0 aromatic carbocycles. The van der Waals surface area contributed by atoms with E-state index in [4.69, 9.17) is 10.2 Å². The normalized spacial score (nSPS) is 21.3. The minimum atomic E-state index is -1.25. The van der Waals surface area contributed by atoms with Crippen molar-refractivity contribution in [2.45, 2.75) is 25.3 Å². The summed E-state index contributed by atoms with van der Waals surface area (Å²) in [6.45, 7) is 1.24. The highest BCUT2D eigenvalue weighted by Gasteiger charge is 2.25. The molecule has 2 unspecified atom stereocenters. The lowest BCUT2D eigenvalue weighted by atomic mass is 9.91. The molecule has 3 heterocycles. The van der Waals surface area contributed by atoms with Gasteiger partial charge in [0, 0.05) is 24.2 Å². The zero-order valence-electron chi connectivity index (χ0n) is 13.8. The van der Waals surface area contributed by atoms with E-state index in [1.807, 2.05) is 0 Å². The largest absolute Gasteiger partial charge is 0.478 e. The number of aromatic nitrogens is 1. The summed E-state index contributed by atoms with van der Waals surface area (Å²) in [6.07, 6.45) is 11.9. The van der Waals surface area contributed by atoms with Crippen molar-refractivity contribution >= 4 is 17.5 Å². The van der Waals surface area contributed by atoms with E-state index in [1.54, 1.807) is 28.8 Å². The first-order valence-electron chi connectivity index (χ1n) is 8.37. The fraction of sp³-hybridized carbons (Fsp3) is 0.316. The Morgan fingerprint density at radius 1 is 1.08 bits per heavy atom. The van der Waals surface area contributed by atoms with Crippen molar-refractivity contribution in [1.29, 1.82) is 0 Å². The van der Waals surface area contributed by atoms with Gasteiger partial charge in [0.05, 0.1) is 5.56 Å². The first kappa shape index (κ1) is 17.1. The molecule has 1 saturated heterocycles. The van der Waals surface area contributed by atoms with Gasteiger partial charge in [-0.3, -0.25) is 0 Å². The molecule has 0 saturated carbocycles. The van der Waals surface area contributed by atoms with Crippen LogP contribution >= 0.6 is 0 Å². The predicted octanol–water partition coefficient (Wildman–Crippen LogP) is 2.14. The van der Waals surface area contributed by atoms with Crippen LogP contribution in [0.5, 0.6) is 0 Å². The molecule has 3 N–H and O–H groups in total. The van der Waals surface area contributed by atoms with E-state index in [9.17, 15) is 9.59 Å². The third-order valence-electron chi connectivity index (χ3n) is 4.71. The molecule has 6 heteroatoms. The zero-order chi connectivity index (χ0) is 17.8. The maximum Gasteiger partial charge on any atom is 0.343 e. The van der Waals surface area contributed by atoms with Gasteiger partial charge in [-0.1, -0.05) is 12.2 Å². The number of aromatic carboxylic acids is 2. The Labute approximate surface area is 145 Å². The Hall–Kier alpha value is -2.73. The van der Waals surface area contributed by atoms with E-state index in [1.165, 1.54) is 38.1 Å². The van der Waals surface area contributed by atoms with Crippen LogP contribution < -0.4 is 9.72 Å². The van der Waals surface area contributed by atoms with Gasteiger partial charge >= 0.3 is 11.9 Å². The maximum absolute atomic E-state index is 11.1. The lowest BCUT2D eigenvalue weighted by Crippen LogP contribution is -2.25. The molecule has 0 amide bonds. The van der Waals surface area contributed by atoms with E-state index < -0.39 is 11.9 Å². The molecule has 6 nitrogen and oxygen atoms in total. The molecule has 130 valence electrons. The number of nitrogens with one attached hydrogen (secondary N) is 1. The van der Waals surface area contributed by atoms with Crippen LogP contribution in [0.1, 0.15) is 40.0 Å². The van der Waals surface area contributed by atoms with Crippen LogP contribution in [0.25, 0.3) is 5.52 Å². The highest BCUT2D eigenvalue weighted by molar-refractivity contribution is 6.05. The number of carbonyl (C=O) groups is 2. The van der Waals surface area contributed by atoms with Crippen LogP contribution in [0.2, 0.25) is 0 Å². The average Bonchev–Trinajstić information content (AvgIpc) is 3.09. The van der Waals surface area contributed by atoms with E-state index in [-0.39, 0.29) is 11.1 Å². The molecule has 1 fully saturated rings. The Balaban J connectivity index is 0.000000170. The van der Waals surface area contributed by atoms with Gasteiger partial charge in [-0.05, 0) is 37.8 Å². The van der Waals surface area contributed by atoms with Crippen molar-refractivity contribution in [3.05, 3.63) is 59.9 Å². The second-order valence-electron chi connectivity index (χ2n) is 6.24. The standard InChI is InChI=1S/C11H7NO4.C8H13N/c13-10(14)7-4-6-12-5-2-1-3-8(12)9(7)11(15)16;1-2-4-8-7(3-1)5-6-9-8/h1-6H,(H-,13,14,15,16);2,4,7-9H,1,3,5-6H2/p+1. The number of allylic oxidation sites excluding steroid dienone is 1. The van der Waals surface area contributed by atoms with Crippen molar-refractivity contribution in [1.82, 2.24) is 5.32 Å². The van der Waals surface area contributed by atoms with Gasteiger partial charge in [0.1, 0.15) is 5.56 Å². The second kappa shape index (κ2) is 7.44. The smallest absolute Gasteiger partial charge is 0.343 e. The number of fused-ring (bicyclic) bond motifs is 2. The van der Waals surface area contributed by atoms with Gasteiger partial charge in [-0.2, -0.15) is 4.40 Å². The molecular weight excluding hydrogens is 320 g/mol. The van der Waals surface area contributed by atoms with Gasteiger partial charge in [-0.15, -0.1) is 0 Å². The number of nitrogens with zero attached hydrogens (tertiary/aromatic N) is 1. The Morgan fingerprint density at radius 2 is 1.92 bits per heavy atom. The van der Waals surface area contributed by atoms with Crippen LogP contribution in [-0.4, -0.2) is 34.7 Å². The zero-order valence-corrected chi connectivity index (χ0v) is 13.8. The SMILES string of the molecule is C1=CC2NCCC2CC1.O=C(O)c1cc[n+]2ccccc2c1C(=O)O. The summed E-state index contributed by atoms with van der Waals surface area (Å²) in [7, 11) is 0. The van der Waals surface area contributed by atoms with Gasteiger partial charge in [0.25, 0.3) is 0 Å². The summed E-state index contributed by atoms with van der Waals surface area (Å²) in [6, 6.07) is 6.97. The third-order valence-corrected chi connectivity index (χ3v) is 4.71. The lowest BCUT2D eigenvalue weighted by Gasteiger charge is -2.18. The minimum absolute atomic E-state index is 0.199. The highest BCUT2D eigenvalue weighted by atomic mass is 16.4. The van der Waals surface area contributed by atoms with Crippen LogP contribution in [0.4, 0.5) is 0 Å². The number of carboxylic acid groups (broad SMARTS) is 2. The quantitative estimate of drug-likeness (QED) is 0.575. The number of carboxylic acids is 2. The summed E-state index contributed by atoms with van der Waals surface area (Å²) in [5, 5.41) is 21.4. The van der Waals surface area contributed by atoms with Gasteiger partial charge in [0.2, 0.25) is 5.52 Å². The van der Waals surface area contributed by atoms with Crippen LogP contribution in [0.3, 0.4) is 0 Å². The van der Waals surface area contributed by atoms with Crippen molar-refractivity contribution in [2.75, 3.05) is 6.54 Å². The van der Waals surface area contributed by atoms with Crippen molar-refractivity contribution in [3.63, 3.8) is 0 Å². The highest BCUT2D eigenvalue weighted by Crippen LogP contribution is 2.25. The van der Waals surface area contributed by atoms with Crippen LogP contribution in [-0.2, 0) is 0 Å². The summed E-state index contributed by atoms with van der Waals surface area (Å²) >= 11 is 0. The van der Waals surface area contributed by atoms with Crippen molar-refractivity contribution in [3.8, 4) is 0 Å². The average molecular weight is 341 g/mol. The van der Waals surface area contributed by atoms with Crippen LogP contribution in [0.15, 0.2) is 48.8 Å². The molecule has 2 atom stereocenters. The molecule has 1 aliphatic carbocycles. The molecule has 1 aliphatic heterocycles. The Kier molecular flexibility index (Phi) is 5.09. The first-order valence-corrected chi connectivity index (χ1v) is 8.37. The summed E-state index contributed by atoms with van der Waals surface area (Å²) in [5.41, 5.74) is -0.0517. The second-order valence-corrected chi connectivity index (χ2v) is 6.24. The fourth-order valence-electron chi connectivity index (χ4n) is 3.46. The lowest BCUT2D eigenvalue weighted by molar-refractivity contribution is -0.512. The summed E-state index contributed by atoms with van der Waals surface area (Å²) in [4.78, 5) is 22.0. The van der Waals surface area contributed by atoms with E-state index in [0.717, 1.165) is 12.0 Å². The van der Waals surface area contributed by atoms with E-state index >= 15 is 0 Å². The Morgan fingerprint density at radius 3 is 2.64 bits per heavy atom. The molecule has 0 spiro atoms. The number of hydrogen-bond acceptors (Lipinski definition) is 3. The monoisotopic (exact) mass is 341 g/mol. The summed E-state index contributed by atoms with van der Waals surface area (Å²) in [5.74, 6) is -1.53. The van der Waals surface area contributed by atoms with E-state index in [2.05, 4.69) is 17.5 Å². The number of pyridine rings is 2. The van der Waals surface area contributed by atoms with Crippen molar-refractivity contribution in [2.24, 2.45) is 5.92 Å². The van der Waals surface area contributed by atoms with Crippen LogP contribution in [0, 0.1) is 5.92 Å². The van der Waals surface area contributed by atoms with Gasteiger partial charge in [-0.25, -0.2) is 9.59 Å². The fourth-order valence-corrected chi connectivity index (χ4v) is 3.46. The molecule has 2 aromatic rings. The minimum Gasteiger partial charge on any atom is -0.478 e. The van der Waals surface area contributed by atoms with Gasteiger partial charge < -0.3 is 15.5 Å². The molecule has 0 bridgehead atoms. The topological polar surface area (TPSA) is 90.7 Å². The van der Waals surface area contributed by atoms with E-state index in [0.29, 0.717) is 5.52 Å².